The molecule has 0 spiro atoms. The second-order valence-corrected chi connectivity index (χ2v) is 5.17. The first kappa shape index (κ1) is 16.3. The van der Waals surface area contributed by atoms with Gasteiger partial charge in [-0.25, -0.2) is 4.79 Å². The van der Waals surface area contributed by atoms with Crippen molar-refractivity contribution in [3.8, 4) is 0 Å². The molecule has 0 unspecified atom stereocenters. The molecule has 1 aromatic rings. The number of hydrogen-bond donors (Lipinski definition) is 3. The number of nitrogens with one attached hydrogen (secondary N) is 1. The van der Waals surface area contributed by atoms with Gasteiger partial charge in [0.2, 0.25) is 0 Å². The summed E-state index contributed by atoms with van der Waals surface area (Å²) in [5, 5.41) is 9.39. The smallest absolute Gasteiger partial charge is 0.330 e. The van der Waals surface area contributed by atoms with Crippen molar-refractivity contribution in [2.75, 3.05) is 38.0 Å². The summed E-state index contributed by atoms with van der Waals surface area (Å²) >= 11 is 0. The van der Waals surface area contributed by atoms with Crippen LogP contribution in [0.3, 0.4) is 0 Å². The van der Waals surface area contributed by atoms with Crippen LogP contribution < -0.4 is 21.9 Å². The topological polar surface area (TPSA) is 114 Å². The average molecular weight is 286 g/mol. The normalized spacial score (nSPS) is 11.7. The molecule has 0 aliphatic heterocycles. The summed E-state index contributed by atoms with van der Waals surface area (Å²) in [6, 6.07) is 0. The van der Waals surface area contributed by atoms with Crippen LogP contribution in [0.4, 0.5) is 11.5 Å². The van der Waals surface area contributed by atoms with Crippen molar-refractivity contribution in [3.05, 3.63) is 20.8 Å². The van der Waals surface area contributed by atoms with Gasteiger partial charge < -0.3 is 20.5 Å². The summed E-state index contributed by atoms with van der Waals surface area (Å²) in [5.74, 6) is 0.0554. The number of ether oxygens (including phenoxy) is 1. The number of aromatic nitrogens is 2. The van der Waals surface area contributed by atoms with Gasteiger partial charge in [-0.1, -0.05) is 0 Å². The molecule has 114 valence electrons. The zero-order valence-corrected chi connectivity index (χ0v) is 12.3. The number of aliphatic hydroxyl groups excluding tert-OH is 1. The summed E-state index contributed by atoms with van der Waals surface area (Å²) in [4.78, 5) is 27.5. The molecule has 0 fully saturated rings. The van der Waals surface area contributed by atoms with E-state index >= 15 is 0 Å². The van der Waals surface area contributed by atoms with Crippen LogP contribution in [0.5, 0.6) is 0 Å². The predicted molar refractivity (Wildman–Crippen MR) is 77.2 cm³/mol. The van der Waals surface area contributed by atoms with Gasteiger partial charge >= 0.3 is 5.69 Å². The standard InChI is InChI=1S/C12H22N4O4/c1-12(2,7-17)15(3)8-9(13)16(5-6-20-4)11(19)14-10(8)18/h17H,5-7,13H2,1-4H3,(H,14,18,19). The van der Waals surface area contributed by atoms with E-state index in [0.29, 0.717) is 6.61 Å². The Morgan fingerprint density at radius 3 is 2.55 bits per heavy atom. The van der Waals surface area contributed by atoms with Crippen molar-refractivity contribution < 1.29 is 9.84 Å². The van der Waals surface area contributed by atoms with Gasteiger partial charge in [0.1, 0.15) is 11.5 Å². The van der Waals surface area contributed by atoms with Crippen LogP contribution in [0.2, 0.25) is 0 Å². The number of anilines is 2. The van der Waals surface area contributed by atoms with E-state index < -0.39 is 16.8 Å². The molecular weight excluding hydrogens is 264 g/mol. The minimum Gasteiger partial charge on any atom is -0.394 e. The summed E-state index contributed by atoms with van der Waals surface area (Å²) in [6.45, 7) is 3.88. The first-order valence-electron chi connectivity index (χ1n) is 6.22. The Hall–Kier alpha value is -1.80. The van der Waals surface area contributed by atoms with Crippen molar-refractivity contribution >= 4 is 11.5 Å². The molecule has 0 aromatic carbocycles. The number of nitrogen functional groups attached to an aromatic ring is 1. The first-order valence-corrected chi connectivity index (χ1v) is 6.22. The number of likely N-dealkylation sites (N-methyl/N-ethyl adjacent to an activating group) is 1. The Balaban J connectivity index is 3.41. The molecule has 0 bridgehead atoms. The lowest BCUT2D eigenvalue weighted by Crippen LogP contribution is -2.48. The van der Waals surface area contributed by atoms with Crippen molar-refractivity contribution in [2.45, 2.75) is 25.9 Å². The fourth-order valence-electron chi connectivity index (χ4n) is 1.71. The molecule has 1 heterocycles. The number of nitrogens with two attached hydrogens (primary N) is 1. The Morgan fingerprint density at radius 2 is 2.05 bits per heavy atom. The number of aliphatic hydroxyl groups is 1. The molecule has 0 saturated heterocycles. The molecular formula is C12H22N4O4. The van der Waals surface area contributed by atoms with Gasteiger partial charge in [0, 0.05) is 14.2 Å². The molecule has 1 rings (SSSR count). The molecule has 0 saturated carbocycles. The van der Waals surface area contributed by atoms with Crippen LogP contribution in [-0.4, -0.2) is 47.6 Å². The van der Waals surface area contributed by atoms with Crippen molar-refractivity contribution in [2.24, 2.45) is 0 Å². The van der Waals surface area contributed by atoms with Crippen LogP contribution >= 0.6 is 0 Å². The number of hydrogen-bond acceptors (Lipinski definition) is 6. The number of rotatable bonds is 6. The predicted octanol–water partition coefficient (Wildman–Crippen LogP) is -1.03. The lowest BCUT2D eigenvalue weighted by atomic mass is 10.0. The summed E-state index contributed by atoms with van der Waals surface area (Å²) in [5.41, 5.74) is 4.25. The molecule has 0 atom stereocenters. The van der Waals surface area contributed by atoms with Crippen LogP contribution in [0, 0.1) is 0 Å². The van der Waals surface area contributed by atoms with Gasteiger partial charge in [-0.05, 0) is 13.8 Å². The molecule has 1 aromatic heterocycles. The summed E-state index contributed by atoms with van der Waals surface area (Å²) in [7, 11) is 3.15. The maximum absolute atomic E-state index is 12.0. The average Bonchev–Trinajstić information content (AvgIpc) is 2.38. The van der Waals surface area contributed by atoms with Gasteiger partial charge in [-0.3, -0.25) is 14.3 Å². The molecule has 20 heavy (non-hydrogen) atoms. The zero-order chi connectivity index (χ0) is 15.5. The maximum atomic E-state index is 12.0. The number of methoxy groups -OCH3 is 1. The van der Waals surface area contributed by atoms with Crippen LogP contribution in [0.15, 0.2) is 9.59 Å². The van der Waals surface area contributed by atoms with Crippen LogP contribution in [0.1, 0.15) is 13.8 Å². The molecule has 8 nitrogen and oxygen atoms in total. The third-order valence-electron chi connectivity index (χ3n) is 3.36. The van der Waals surface area contributed by atoms with Gasteiger partial charge in [0.15, 0.2) is 0 Å². The maximum Gasteiger partial charge on any atom is 0.330 e. The second kappa shape index (κ2) is 6.10. The fourth-order valence-corrected chi connectivity index (χ4v) is 1.71. The zero-order valence-electron chi connectivity index (χ0n) is 12.3. The number of aromatic amines is 1. The highest BCUT2D eigenvalue weighted by atomic mass is 16.5. The summed E-state index contributed by atoms with van der Waals surface area (Å²) < 4.78 is 6.15. The highest BCUT2D eigenvalue weighted by Gasteiger charge is 2.27. The van der Waals surface area contributed by atoms with E-state index in [-0.39, 0.29) is 24.7 Å². The first-order chi connectivity index (χ1) is 9.26. The SMILES string of the molecule is COCCn1c(N)c(N(C)C(C)(C)CO)c(=O)[nH]c1=O. The van der Waals surface area contributed by atoms with E-state index in [1.165, 1.54) is 11.7 Å². The van der Waals surface area contributed by atoms with E-state index in [2.05, 4.69) is 4.98 Å². The van der Waals surface area contributed by atoms with E-state index in [9.17, 15) is 14.7 Å². The van der Waals surface area contributed by atoms with Gasteiger partial charge in [-0.2, -0.15) is 0 Å². The van der Waals surface area contributed by atoms with Crippen LogP contribution in [-0.2, 0) is 11.3 Å². The van der Waals surface area contributed by atoms with E-state index in [1.807, 2.05) is 0 Å². The molecule has 0 aliphatic carbocycles. The van der Waals surface area contributed by atoms with Gasteiger partial charge in [0.05, 0.1) is 25.3 Å². The highest BCUT2D eigenvalue weighted by molar-refractivity contribution is 5.63. The van der Waals surface area contributed by atoms with E-state index in [4.69, 9.17) is 10.5 Å². The largest absolute Gasteiger partial charge is 0.394 e. The lowest BCUT2D eigenvalue weighted by Gasteiger charge is -2.35. The Kier molecular flexibility index (Phi) is 4.96. The molecule has 0 radical (unpaired) electrons. The Bertz CT molecular complexity index is 576. The van der Waals surface area contributed by atoms with Crippen molar-refractivity contribution in [1.29, 1.82) is 0 Å². The number of H-pyrrole nitrogens is 1. The molecule has 8 heteroatoms. The minimum atomic E-state index is -0.690. The summed E-state index contributed by atoms with van der Waals surface area (Å²) in [6.07, 6.45) is 0. The molecule has 0 amide bonds. The minimum absolute atomic E-state index is 0.0554. The van der Waals surface area contributed by atoms with Crippen LogP contribution in [0.25, 0.3) is 0 Å². The number of nitrogens with zero attached hydrogens (tertiary/aromatic N) is 2. The fraction of sp³-hybridized carbons (Fsp3) is 0.667. The molecule has 0 aliphatic rings. The lowest BCUT2D eigenvalue weighted by molar-refractivity contribution is 0.186. The quantitative estimate of drug-likeness (QED) is 0.616. The Labute approximate surface area is 116 Å². The van der Waals surface area contributed by atoms with Gasteiger partial charge in [-0.15, -0.1) is 0 Å². The monoisotopic (exact) mass is 286 g/mol. The highest BCUT2D eigenvalue weighted by Crippen LogP contribution is 2.22. The van der Waals surface area contributed by atoms with Crippen molar-refractivity contribution in [1.82, 2.24) is 9.55 Å². The Morgan fingerprint density at radius 1 is 1.45 bits per heavy atom. The van der Waals surface area contributed by atoms with E-state index in [1.54, 1.807) is 25.8 Å². The van der Waals surface area contributed by atoms with Crippen molar-refractivity contribution in [3.63, 3.8) is 0 Å². The molecule has 4 N–H and O–H groups in total. The van der Waals surface area contributed by atoms with Gasteiger partial charge in [0.25, 0.3) is 5.56 Å². The third kappa shape index (κ3) is 3.02. The second-order valence-electron chi connectivity index (χ2n) is 5.17. The van der Waals surface area contributed by atoms with E-state index in [0.717, 1.165) is 0 Å². The third-order valence-corrected chi connectivity index (χ3v) is 3.36.